The molecule has 0 atom stereocenters. The van der Waals surface area contributed by atoms with Crippen LogP contribution in [-0.4, -0.2) is 23.9 Å². The Labute approximate surface area is 65.4 Å². The van der Waals surface area contributed by atoms with Crippen molar-refractivity contribution in [3.8, 4) is 0 Å². The first-order chi connectivity index (χ1) is 5.20. The van der Waals surface area contributed by atoms with E-state index in [1.54, 1.807) is 6.92 Å². The largest absolute Gasteiger partial charge is 0.481 e. The van der Waals surface area contributed by atoms with Gasteiger partial charge in [0, 0.05) is 12.2 Å². The van der Waals surface area contributed by atoms with Crippen LogP contribution in [0.25, 0.3) is 0 Å². The Morgan fingerprint density at radius 1 is 1.27 bits per heavy atom. The Balaban J connectivity index is 3.89. The lowest BCUT2D eigenvalue weighted by molar-refractivity contribution is 0.101. The number of hydrogen-bond donors (Lipinski definition) is 2. The highest BCUT2D eigenvalue weighted by molar-refractivity contribution is 5.03. The number of ether oxygens (including phenoxy) is 2. The molecule has 0 aromatic carbocycles. The van der Waals surface area contributed by atoms with Crippen LogP contribution in [0, 0.1) is 0 Å². The molecule has 4 nitrogen and oxygen atoms in total. The van der Waals surface area contributed by atoms with Gasteiger partial charge in [0.25, 0.3) is 11.9 Å². The molecular formula is C7H12O4. The van der Waals surface area contributed by atoms with Crippen molar-refractivity contribution in [2.45, 2.75) is 6.92 Å². The van der Waals surface area contributed by atoms with Crippen molar-refractivity contribution in [2.75, 3.05) is 13.7 Å². The summed E-state index contributed by atoms with van der Waals surface area (Å²) in [7, 11) is 1.32. The summed E-state index contributed by atoms with van der Waals surface area (Å²) in [5.41, 5.74) is 0. The lowest BCUT2D eigenvalue weighted by Crippen LogP contribution is -1.89. The minimum atomic E-state index is -0.281. The van der Waals surface area contributed by atoms with E-state index in [9.17, 15) is 0 Å². The number of rotatable bonds is 4. The van der Waals surface area contributed by atoms with Crippen LogP contribution < -0.4 is 0 Å². The Morgan fingerprint density at radius 3 is 2.27 bits per heavy atom. The fraction of sp³-hybridized carbons (Fsp3) is 0.429. The summed E-state index contributed by atoms with van der Waals surface area (Å²) in [6, 6.07) is 0. The molecule has 0 radical (unpaired) electrons. The fourth-order valence-corrected chi connectivity index (χ4v) is 0.407. The van der Waals surface area contributed by atoms with Gasteiger partial charge in [-0.3, -0.25) is 0 Å². The van der Waals surface area contributed by atoms with Crippen LogP contribution in [0.2, 0.25) is 0 Å². The highest BCUT2D eigenvalue weighted by Gasteiger charge is 1.89. The number of hydrogen-bond acceptors (Lipinski definition) is 4. The topological polar surface area (TPSA) is 58.9 Å². The maximum Gasteiger partial charge on any atom is 0.276 e. The molecule has 0 aromatic rings. The smallest absolute Gasteiger partial charge is 0.276 e. The van der Waals surface area contributed by atoms with E-state index in [-0.39, 0.29) is 11.9 Å². The van der Waals surface area contributed by atoms with Gasteiger partial charge in [0.05, 0.1) is 13.7 Å². The van der Waals surface area contributed by atoms with Crippen molar-refractivity contribution in [1.82, 2.24) is 0 Å². The normalized spacial score (nSPS) is 12.9. The third-order valence-electron chi connectivity index (χ3n) is 0.870. The molecule has 0 saturated heterocycles. The lowest BCUT2D eigenvalue weighted by atomic mass is 10.5. The zero-order chi connectivity index (χ0) is 8.69. The number of allylic oxidation sites excluding steroid dienone is 2. The monoisotopic (exact) mass is 160 g/mol. The fourth-order valence-electron chi connectivity index (χ4n) is 0.407. The summed E-state index contributed by atoms with van der Waals surface area (Å²) < 4.78 is 9.03. The van der Waals surface area contributed by atoms with Crippen molar-refractivity contribution in [1.29, 1.82) is 0 Å². The summed E-state index contributed by atoms with van der Waals surface area (Å²) in [4.78, 5) is 0. The molecule has 0 aliphatic rings. The first kappa shape index (κ1) is 9.68. The molecular weight excluding hydrogens is 148 g/mol. The van der Waals surface area contributed by atoms with Crippen LogP contribution in [0.5, 0.6) is 0 Å². The molecule has 0 amide bonds. The zero-order valence-corrected chi connectivity index (χ0v) is 6.57. The van der Waals surface area contributed by atoms with Gasteiger partial charge in [0.1, 0.15) is 0 Å². The molecule has 0 fully saturated rings. The van der Waals surface area contributed by atoms with Crippen LogP contribution in [-0.2, 0) is 9.47 Å². The van der Waals surface area contributed by atoms with Gasteiger partial charge in [-0.15, -0.1) is 0 Å². The lowest BCUT2D eigenvalue weighted by Gasteiger charge is -1.98. The number of aliphatic hydroxyl groups is 2. The Kier molecular flexibility index (Phi) is 4.81. The Morgan fingerprint density at radius 2 is 1.82 bits per heavy atom. The Bertz CT molecular complexity index is 160. The number of methoxy groups -OCH3 is 1. The summed E-state index contributed by atoms with van der Waals surface area (Å²) in [5.74, 6) is -0.535. The van der Waals surface area contributed by atoms with Crippen LogP contribution >= 0.6 is 0 Å². The van der Waals surface area contributed by atoms with E-state index in [0.29, 0.717) is 6.61 Å². The molecule has 0 rings (SSSR count). The van der Waals surface area contributed by atoms with E-state index in [4.69, 9.17) is 10.2 Å². The second-order valence-corrected chi connectivity index (χ2v) is 1.65. The molecule has 0 saturated carbocycles. The van der Waals surface area contributed by atoms with E-state index in [2.05, 4.69) is 9.47 Å². The molecule has 0 spiro atoms. The first-order valence-corrected chi connectivity index (χ1v) is 3.17. The van der Waals surface area contributed by atoms with Crippen molar-refractivity contribution in [3.05, 3.63) is 24.0 Å². The third-order valence-corrected chi connectivity index (χ3v) is 0.870. The quantitative estimate of drug-likeness (QED) is 0.483. The Hall–Kier alpha value is -1.32. The van der Waals surface area contributed by atoms with E-state index in [1.807, 2.05) is 0 Å². The van der Waals surface area contributed by atoms with Crippen molar-refractivity contribution >= 4 is 0 Å². The molecule has 0 unspecified atom stereocenters. The average molecular weight is 160 g/mol. The van der Waals surface area contributed by atoms with E-state index < -0.39 is 0 Å². The maximum absolute atomic E-state index is 8.82. The van der Waals surface area contributed by atoms with Gasteiger partial charge in [-0.1, -0.05) is 0 Å². The molecule has 0 aromatic heterocycles. The van der Waals surface area contributed by atoms with Gasteiger partial charge in [-0.2, -0.15) is 0 Å². The molecule has 0 aliphatic heterocycles. The number of aliphatic hydroxyl groups excluding tert-OH is 2. The SMILES string of the molecule is CCO/C(O)=C/C=C(\O)OC. The van der Waals surface area contributed by atoms with Crippen LogP contribution in [0.4, 0.5) is 0 Å². The second kappa shape index (κ2) is 5.46. The average Bonchev–Trinajstić information content (AvgIpc) is 2.01. The van der Waals surface area contributed by atoms with Gasteiger partial charge in [0.15, 0.2) is 0 Å². The molecule has 0 bridgehead atoms. The van der Waals surface area contributed by atoms with Crippen molar-refractivity contribution < 1.29 is 19.7 Å². The van der Waals surface area contributed by atoms with Gasteiger partial charge in [-0.05, 0) is 6.92 Å². The molecule has 2 N–H and O–H groups in total. The van der Waals surface area contributed by atoms with Gasteiger partial charge in [-0.25, -0.2) is 0 Å². The third kappa shape index (κ3) is 5.14. The molecule has 64 valence electrons. The van der Waals surface area contributed by atoms with E-state index in [1.165, 1.54) is 19.3 Å². The molecule has 0 aliphatic carbocycles. The summed E-state index contributed by atoms with van der Waals surface area (Å²) in [5, 5.41) is 17.5. The van der Waals surface area contributed by atoms with E-state index in [0.717, 1.165) is 0 Å². The van der Waals surface area contributed by atoms with Gasteiger partial charge < -0.3 is 19.7 Å². The zero-order valence-electron chi connectivity index (χ0n) is 6.57. The van der Waals surface area contributed by atoms with Crippen LogP contribution in [0.15, 0.2) is 24.0 Å². The van der Waals surface area contributed by atoms with Gasteiger partial charge in [0.2, 0.25) is 0 Å². The predicted octanol–water partition coefficient (Wildman–Crippen LogP) is 1.47. The van der Waals surface area contributed by atoms with Crippen molar-refractivity contribution in [3.63, 3.8) is 0 Å². The van der Waals surface area contributed by atoms with Crippen LogP contribution in [0.3, 0.4) is 0 Å². The minimum absolute atomic E-state index is 0.254. The standard InChI is InChI=1S/C7H12O4/c1-3-11-7(9)5-4-6(8)10-2/h4-5,8-9H,3H2,1-2H3/b6-4+,7-5+. The maximum atomic E-state index is 8.82. The predicted molar refractivity (Wildman–Crippen MR) is 40.1 cm³/mol. The summed E-state index contributed by atoms with van der Waals surface area (Å²) >= 11 is 0. The molecule has 11 heavy (non-hydrogen) atoms. The van der Waals surface area contributed by atoms with Crippen molar-refractivity contribution in [2.24, 2.45) is 0 Å². The minimum Gasteiger partial charge on any atom is -0.481 e. The summed E-state index contributed by atoms with van der Waals surface area (Å²) in [6.45, 7) is 2.12. The van der Waals surface area contributed by atoms with E-state index >= 15 is 0 Å². The summed E-state index contributed by atoms with van der Waals surface area (Å²) in [6.07, 6.45) is 2.38. The first-order valence-electron chi connectivity index (χ1n) is 3.17. The second-order valence-electron chi connectivity index (χ2n) is 1.65. The molecule has 4 heteroatoms. The molecule has 0 heterocycles. The van der Waals surface area contributed by atoms with Crippen LogP contribution in [0.1, 0.15) is 6.92 Å². The highest BCUT2D eigenvalue weighted by atomic mass is 16.6. The highest BCUT2D eigenvalue weighted by Crippen LogP contribution is 1.94. The van der Waals surface area contributed by atoms with Gasteiger partial charge >= 0.3 is 0 Å².